The summed E-state index contributed by atoms with van der Waals surface area (Å²) < 4.78 is 107. The summed E-state index contributed by atoms with van der Waals surface area (Å²) in [6.07, 6.45) is 9.79. The van der Waals surface area contributed by atoms with Crippen LogP contribution in [0.1, 0.15) is 172 Å². The number of anilines is 2. The van der Waals surface area contributed by atoms with Gasteiger partial charge in [0.2, 0.25) is 20.0 Å². The number of ether oxygens (including phenoxy) is 10. The van der Waals surface area contributed by atoms with Crippen molar-refractivity contribution in [3.63, 3.8) is 0 Å². The van der Waals surface area contributed by atoms with Crippen molar-refractivity contribution >= 4 is 79.9 Å². The van der Waals surface area contributed by atoms with Crippen molar-refractivity contribution in [2.45, 2.75) is 226 Å². The van der Waals surface area contributed by atoms with E-state index < -0.39 is 50.4 Å². The summed E-state index contributed by atoms with van der Waals surface area (Å²) in [4.78, 5) is 115. The van der Waals surface area contributed by atoms with Gasteiger partial charge in [-0.05, 0) is 159 Å². The van der Waals surface area contributed by atoms with Gasteiger partial charge in [0.05, 0.1) is 94.8 Å². The maximum absolute atomic E-state index is 12.4. The SMILES string of the molecule is CC(=O)OC[C@@H]1CCN(C(=O)OC2(C)CC2)C[C@@H]1OC(C)=O.CC(=O)OC[C@@H]1CCN(Cc2ccccc2)C[C@@H]1OC(C)=O.CC(C)CS(=O)(=O)N1CCN(c2ccc(OC[C@@H]3CCN(C(=O)OC4(C)CC4)C[C@@H]3O)cn2)CC1.CC(C)CS(=O)(=O)N1CCN(c2ccc(OC[C@@H]3CCN(C(=O)OC4(C)CC4)C[C@@H]3O)cn2)CC1.CC1(OC(=O)N2CC[C@@H](CO)[C@@H](O)C2)CC1. The highest BCUT2D eigenvalue weighted by Gasteiger charge is 2.48. The fourth-order valence-corrected chi connectivity index (χ4v) is 19.6. The lowest BCUT2D eigenvalue weighted by Crippen LogP contribution is -2.50. The standard InChI is InChI=1S/2C24H38N4O6S.C17H23NO4.C15H23NO6.C11H19NO4/c2*1-18(2)17-35(31,32)28-12-10-26(11-13-28)22-5-4-20(14-25-22)33-16-19-6-9-27(15-21(19)29)23(30)34-24(3)7-8-24;1-13(19)21-12-16-8-9-18(11-17(16)22-14(2)20)10-15-6-4-3-5-7-15;1-10(17)20-9-12-4-7-16(8-13(12)21-11(2)18)14(19)22-15(3)5-6-15;1-11(3-4-11)16-10(15)12-5-2-8(7-13)9(14)6-12/h2*4-5,14,18-19,21,29H,6-13,15-17H2,1-3H3;3-7,16-17H,8-12H2,1-2H3;12-13H,4-9H2,1-3H3;8-9,13-14H,2-7H2,1H3/t2*19-,21-;16-,17-;12-,13-;8-,9-/m00000/s1. The summed E-state index contributed by atoms with van der Waals surface area (Å²) in [5.41, 5.74) is 0.00120. The van der Waals surface area contributed by atoms with Crippen molar-refractivity contribution in [1.82, 2.24) is 43.1 Å². The average Bonchev–Trinajstić information content (AvgIpc) is 1.68. The first kappa shape index (κ1) is 103. The highest BCUT2D eigenvalue weighted by Crippen LogP contribution is 2.43. The molecule has 130 heavy (non-hydrogen) atoms. The van der Waals surface area contributed by atoms with Crippen LogP contribution in [0.5, 0.6) is 11.5 Å². The third kappa shape index (κ3) is 33.2. The van der Waals surface area contributed by atoms with Crippen molar-refractivity contribution < 1.29 is 123 Å². The quantitative estimate of drug-likeness (QED) is 0.0419. The first-order valence-electron chi connectivity index (χ1n) is 46.0. The number of piperidine rings is 5. The van der Waals surface area contributed by atoms with Crippen molar-refractivity contribution in [2.24, 2.45) is 41.4 Å². The fourth-order valence-electron chi connectivity index (χ4n) is 16.1. The minimum Gasteiger partial charge on any atom is -0.492 e. The van der Waals surface area contributed by atoms with Crippen LogP contribution in [0.4, 0.5) is 30.8 Å². The molecule has 4 saturated carbocycles. The largest absolute Gasteiger partial charge is 0.492 e. The first-order valence-corrected chi connectivity index (χ1v) is 49.3. The maximum atomic E-state index is 12.4. The predicted molar refractivity (Wildman–Crippen MR) is 479 cm³/mol. The van der Waals surface area contributed by atoms with E-state index in [4.69, 9.17) is 52.5 Å². The van der Waals surface area contributed by atoms with E-state index in [1.807, 2.05) is 97.9 Å². The van der Waals surface area contributed by atoms with E-state index in [0.29, 0.717) is 142 Å². The molecular formula is C91H141N11O26S2. The van der Waals surface area contributed by atoms with Gasteiger partial charge in [0.15, 0.2) is 0 Å². The number of piperazine rings is 2. The molecule has 1 aromatic carbocycles. The van der Waals surface area contributed by atoms with Crippen LogP contribution >= 0.6 is 0 Å². The number of carbonyl (C=O) groups is 8. The Morgan fingerprint density at radius 1 is 0.408 bits per heavy atom. The topological polar surface area (TPSA) is 433 Å². The Bertz CT molecular complexity index is 4260. The third-order valence-electron chi connectivity index (χ3n) is 25.3. The van der Waals surface area contributed by atoms with E-state index in [-0.39, 0.29) is 163 Å². The van der Waals surface area contributed by atoms with Gasteiger partial charge in [-0.25, -0.2) is 46.0 Å². The van der Waals surface area contributed by atoms with Gasteiger partial charge >= 0.3 is 48.3 Å². The van der Waals surface area contributed by atoms with E-state index in [9.17, 15) is 70.5 Å². The summed E-state index contributed by atoms with van der Waals surface area (Å²) in [6, 6.07) is 17.7. The Morgan fingerprint density at radius 3 is 1.05 bits per heavy atom. The number of likely N-dealkylation sites (tertiary alicyclic amines) is 5. The highest BCUT2D eigenvalue weighted by atomic mass is 32.2. The van der Waals surface area contributed by atoms with Crippen LogP contribution in [0.2, 0.25) is 0 Å². The number of hydrogen-bond donors (Lipinski definition) is 4. The molecule has 3 aromatic rings. The number of aliphatic hydroxyl groups is 4. The average molecular weight is 1870 g/mol. The number of amides is 4. The molecule has 7 saturated heterocycles. The Kier molecular flexibility index (Phi) is 37.2. The number of esters is 4. The van der Waals surface area contributed by atoms with Crippen molar-refractivity contribution in [2.75, 3.05) is 172 Å². The Labute approximate surface area is 765 Å². The van der Waals surface area contributed by atoms with E-state index in [1.54, 1.807) is 35.7 Å². The number of aromatic nitrogens is 2. The first-order chi connectivity index (χ1) is 61.5. The second kappa shape index (κ2) is 46.8. The molecular weight excluding hydrogens is 1730 g/mol. The lowest BCUT2D eigenvalue weighted by Gasteiger charge is -2.37. The van der Waals surface area contributed by atoms with Crippen LogP contribution in [-0.4, -0.2) is 344 Å². The van der Waals surface area contributed by atoms with Crippen molar-refractivity contribution in [1.29, 1.82) is 0 Å². The zero-order valence-corrected chi connectivity index (χ0v) is 79.5. The fraction of sp³-hybridized carbons (Fsp3) is 0.736. The number of carbonyl (C=O) groups excluding carboxylic acids is 8. The molecule has 7 aliphatic heterocycles. The summed E-state index contributed by atoms with van der Waals surface area (Å²) in [5, 5.41) is 39.7. The van der Waals surface area contributed by atoms with Gasteiger partial charge in [0.1, 0.15) is 57.7 Å². The molecule has 11 fully saturated rings. The zero-order valence-electron chi connectivity index (χ0n) is 77.9. The molecule has 0 spiro atoms. The van der Waals surface area contributed by atoms with Gasteiger partial charge in [0, 0.05) is 156 Å². The predicted octanol–water partition coefficient (Wildman–Crippen LogP) is 7.73. The van der Waals surface area contributed by atoms with Crippen LogP contribution in [-0.2, 0) is 83.7 Å². The molecule has 4 amide bonds. The lowest BCUT2D eigenvalue weighted by molar-refractivity contribution is -0.158. The van der Waals surface area contributed by atoms with Crippen LogP contribution in [0.3, 0.4) is 0 Å². The van der Waals surface area contributed by atoms with E-state index >= 15 is 0 Å². The summed E-state index contributed by atoms with van der Waals surface area (Å²) >= 11 is 0. The molecule has 4 aliphatic carbocycles. The number of sulfonamides is 2. The smallest absolute Gasteiger partial charge is 0.410 e. The summed E-state index contributed by atoms with van der Waals surface area (Å²) in [7, 11) is -6.43. The monoisotopic (exact) mass is 1870 g/mol. The molecule has 10 atom stereocenters. The molecule has 0 unspecified atom stereocenters. The third-order valence-corrected chi connectivity index (χ3v) is 29.8. The van der Waals surface area contributed by atoms with Gasteiger partial charge in [-0.3, -0.25) is 24.1 Å². The second-order valence-electron chi connectivity index (χ2n) is 38.2. The summed E-state index contributed by atoms with van der Waals surface area (Å²) in [6.45, 7) is 31.7. The van der Waals surface area contributed by atoms with Crippen LogP contribution < -0.4 is 19.3 Å². The van der Waals surface area contributed by atoms with Gasteiger partial charge in [-0.2, -0.15) is 8.61 Å². The number of hydrogen-bond acceptors (Lipinski definition) is 31. The van der Waals surface area contributed by atoms with E-state index in [1.165, 1.54) is 38.2 Å². The number of aliphatic hydroxyl groups excluding tert-OH is 4. The van der Waals surface area contributed by atoms with E-state index in [2.05, 4.69) is 36.8 Å². The van der Waals surface area contributed by atoms with Crippen molar-refractivity contribution in [3.8, 4) is 11.5 Å². The zero-order chi connectivity index (χ0) is 94.5. The maximum Gasteiger partial charge on any atom is 0.410 e. The number of β-amino-alcohol motifs (C(OH)–C–C–N with tert-alkyl or cyclic N) is 3. The molecule has 728 valence electrons. The van der Waals surface area contributed by atoms with Gasteiger partial charge in [0.25, 0.3) is 0 Å². The molecule has 39 heteroatoms. The molecule has 37 nitrogen and oxygen atoms in total. The highest BCUT2D eigenvalue weighted by molar-refractivity contribution is 7.89. The molecule has 11 aliphatic rings. The van der Waals surface area contributed by atoms with Gasteiger partial charge < -0.3 is 97.2 Å². The van der Waals surface area contributed by atoms with Crippen LogP contribution in [0.25, 0.3) is 0 Å². The number of benzene rings is 1. The molecule has 14 rings (SSSR count). The second-order valence-corrected chi connectivity index (χ2v) is 42.3. The normalized spacial score (nSPS) is 25.6. The van der Waals surface area contributed by atoms with Gasteiger partial charge in [-0.1, -0.05) is 58.0 Å². The van der Waals surface area contributed by atoms with Crippen LogP contribution in [0.15, 0.2) is 67.0 Å². The van der Waals surface area contributed by atoms with Gasteiger partial charge in [-0.15, -0.1) is 0 Å². The number of pyridine rings is 2. The molecule has 0 bridgehead atoms. The number of nitrogens with zero attached hydrogens (tertiary/aromatic N) is 11. The summed E-state index contributed by atoms with van der Waals surface area (Å²) in [5.74, 6) is 1.69. The van der Waals surface area contributed by atoms with Crippen molar-refractivity contribution in [3.05, 3.63) is 72.6 Å². The number of rotatable bonds is 27. The Balaban J connectivity index is 0.000000174. The van der Waals surface area contributed by atoms with E-state index in [0.717, 1.165) is 82.5 Å². The molecule has 4 N–H and O–H groups in total. The van der Waals surface area contributed by atoms with Crippen LogP contribution in [0, 0.1) is 41.4 Å². The lowest BCUT2D eigenvalue weighted by atomic mass is 9.94. The molecule has 2 aromatic heterocycles. The minimum absolute atomic E-state index is 0.0260. The molecule has 0 radical (unpaired) electrons. The Morgan fingerprint density at radius 2 is 0.738 bits per heavy atom. The Hall–Kier alpha value is -8.70. The molecule has 9 heterocycles. The minimum atomic E-state index is -3.21.